The zero-order chi connectivity index (χ0) is 9.10. The van der Waals surface area contributed by atoms with Gasteiger partial charge in [-0.1, -0.05) is 12.8 Å². The fourth-order valence-electron chi connectivity index (χ4n) is 1.42. The number of hydrogen-bond acceptors (Lipinski definition) is 6. The number of nitrogens with one attached hydrogen (secondary N) is 1. The Morgan fingerprint density at radius 3 is 2.85 bits per heavy atom. The summed E-state index contributed by atoms with van der Waals surface area (Å²) in [5, 5.41) is 0.629. The van der Waals surface area contributed by atoms with E-state index in [-0.39, 0.29) is 0 Å². The zero-order valence-electron chi connectivity index (χ0n) is 7.19. The molecule has 0 aliphatic heterocycles. The predicted octanol–water partition coefficient (Wildman–Crippen LogP) is 1.41. The lowest BCUT2D eigenvalue weighted by Crippen LogP contribution is -2.12. The summed E-state index contributed by atoms with van der Waals surface area (Å²) in [6.07, 6.45) is 5.09. The van der Waals surface area contributed by atoms with Crippen molar-refractivity contribution in [3.05, 3.63) is 0 Å². The first-order chi connectivity index (χ1) is 6.34. The van der Waals surface area contributed by atoms with E-state index in [9.17, 15) is 0 Å². The Morgan fingerprint density at radius 1 is 1.46 bits per heavy atom. The molecule has 0 unspecified atom stereocenters. The Bertz CT molecular complexity index is 271. The van der Waals surface area contributed by atoms with Crippen molar-refractivity contribution in [2.24, 2.45) is 0 Å². The second-order valence-electron chi connectivity index (χ2n) is 3.08. The molecular weight excluding hydrogens is 188 g/mol. The topological polar surface area (TPSA) is 73.1 Å². The molecule has 0 spiro atoms. The number of rotatable bonds is 3. The number of nitrogens with zero attached hydrogens (tertiary/aromatic N) is 2. The minimum absolute atomic E-state index is 0.294. The van der Waals surface area contributed by atoms with Crippen LogP contribution in [0.25, 0.3) is 0 Å². The summed E-state index contributed by atoms with van der Waals surface area (Å²) < 4.78 is 3.83. The van der Waals surface area contributed by atoms with E-state index < -0.39 is 0 Å². The maximum absolute atomic E-state index is 5.40. The van der Waals surface area contributed by atoms with Gasteiger partial charge in [-0.25, -0.2) is 5.48 Å². The average Bonchev–Trinajstić information content (AvgIpc) is 2.71. The van der Waals surface area contributed by atoms with Gasteiger partial charge in [0.05, 0.1) is 6.10 Å². The Hall–Kier alpha value is -0.880. The Morgan fingerprint density at radius 2 is 2.23 bits per heavy atom. The lowest BCUT2D eigenvalue weighted by atomic mass is 10.3. The minimum Gasteiger partial charge on any atom is -0.367 e. The van der Waals surface area contributed by atoms with Gasteiger partial charge in [0.25, 0.3) is 0 Å². The Labute approximate surface area is 80.4 Å². The van der Waals surface area contributed by atoms with Crippen LogP contribution in [-0.4, -0.2) is 15.5 Å². The summed E-state index contributed by atoms with van der Waals surface area (Å²) in [5.41, 5.74) is 8.13. The molecule has 2 rings (SSSR count). The first kappa shape index (κ1) is 8.71. The van der Waals surface area contributed by atoms with E-state index >= 15 is 0 Å². The molecule has 1 saturated carbocycles. The molecule has 1 fully saturated rings. The van der Waals surface area contributed by atoms with Crippen molar-refractivity contribution in [3.63, 3.8) is 0 Å². The number of nitrogens with two attached hydrogens (primary N) is 1. The van der Waals surface area contributed by atoms with Crippen LogP contribution in [0.5, 0.6) is 0 Å². The molecular formula is C7H12N4OS. The molecule has 1 aromatic rings. The molecule has 1 aromatic heterocycles. The second-order valence-corrected chi connectivity index (χ2v) is 3.84. The third-order valence-corrected chi connectivity index (χ3v) is 2.68. The van der Waals surface area contributed by atoms with Crippen molar-refractivity contribution >= 4 is 22.6 Å². The van der Waals surface area contributed by atoms with Gasteiger partial charge in [-0.05, 0) is 12.8 Å². The summed E-state index contributed by atoms with van der Waals surface area (Å²) in [6.45, 7) is 0. The van der Waals surface area contributed by atoms with Gasteiger partial charge >= 0.3 is 0 Å². The van der Waals surface area contributed by atoms with Crippen molar-refractivity contribution in [1.29, 1.82) is 0 Å². The van der Waals surface area contributed by atoms with Crippen LogP contribution >= 0.6 is 11.5 Å². The van der Waals surface area contributed by atoms with E-state index in [1.807, 2.05) is 0 Å². The maximum Gasteiger partial charge on any atom is 0.233 e. The van der Waals surface area contributed by atoms with E-state index in [1.165, 1.54) is 24.4 Å². The summed E-state index contributed by atoms with van der Waals surface area (Å²) in [6, 6.07) is 0. The minimum atomic E-state index is 0.294. The zero-order valence-corrected chi connectivity index (χ0v) is 8.01. The van der Waals surface area contributed by atoms with Gasteiger partial charge in [0.15, 0.2) is 0 Å². The monoisotopic (exact) mass is 200 g/mol. The molecule has 1 aliphatic carbocycles. The molecule has 6 heteroatoms. The largest absolute Gasteiger partial charge is 0.367 e. The highest BCUT2D eigenvalue weighted by molar-refractivity contribution is 7.09. The van der Waals surface area contributed by atoms with Crippen LogP contribution in [0.4, 0.5) is 11.1 Å². The van der Waals surface area contributed by atoms with E-state index in [4.69, 9.17) is 10.6 Å². The highest BCUT2D eigenvalue weighted by Crippen LogP contribution is 2.22. The number of nitrogen functional groups attached to an aromatic ring is 1. The summed E-state index contributed by atoms with van der Waals surface area (Å²) >= 11 is 1.21. The van der Waals surface area contributed by atoms with Crippen molar-refractivity contribution in [2.45, 2.75) is 31.8 Å². The lowest BCUT2D eigenvalue weighted by molar-refractivity contribution is 0.106. The molecule has 0 radical (unpaired) electrons. The molecule has 0 aromatic carbocycles. The molecule has 13 heavy (non-hydrogen) atoms. The molecule has 0 atom stereocenters. The van der Waals surface area contributed by atoms with Crippen molar-refractivity contribution in [2.75, 3.05) is 11.2 Å². The molecule has 1 aliphatic rings. The SMILES string of the molecule is Nc1nsc(NOC2CCCC2)n1. The number of hydrogen-bond donors (Lipinski definition) is 2. The van der Waals surface area contributed by atoms with Gasteiger partial charge in [-0.3, -0.25) is 4.84 Å². The lowest BCUT2D eigenvalue weighted by Gasteiger charge is -2.09. The van der Waals surface area contributed by atoms with Crippen LogP contribution in [0, 0.1) is 0 Å². The molecule has 0 amide bonds. The van der Waals surface area contributed by atoms with Crippen LogP contribution in [-0.2, 0) is 4.84 Å². The van der Waals surface area contributed by atoms with E-state index in [0.717, 1.165) is 12.8 Å². The molecule has 1 heterocycles. The van der Waals surface area contributed by atoms with Crippen LogP contribution < -0.4 is 11.2 Å². The van der Waals surface area contributed by atoms with Crippen LogP contribution in [0.2, 0.25) is 0 Å². The Kier molecular flexibility index (Phi) is 2.60. The van der Waals surface area contributed by atoms with Crippen LogP contribution in [0.1, 0.15) is 25.7 Å². The van der Waals surface area contributed by atoms with Gasteiger partial charge in [-0.15, -0.1) is 0 Å². The molecule has 0 saturated heterocycles. The predicted molar refractivity (Wildman–Crippen MR) is 51.3 cm³/mol. The highest BCUT2D eigenvalue weighted by atomic mass is 32.1. The standard InChI is InChI=1S/C7H12N4OS/c8-6-9-7(13-11-6)10-12-5-3-1-2-4-5/h5H,1-4H2,(H3,8,9,10,11). The number of anilines is 2. The molecule has 72 valence electrons. The summed E-state index contributed by atoms with van der Waals surface area (Å²) in [4.78, 5) is 9.33. The first-order valence-corrected chi connectivity index (χ1v) is 5.13. The van der Waals surface area contributed by atoms with Crippen molar-refractivity contribution < 1.29 is 4.84 Å². The Balaban J connectivity index is 1.78. The van der Waals surface area contributed by atoms with Gasteiger partial charge in [0.1, 0.15) is 0 Å². The quantitative estimate of drug-likeness (QED) is 0.722. The fraction of sp³-hybridized carbons (Fsp3) is 0.714. The average molecular weight is 200 g/mol. The molecule has 3 N–H and O–H groups in total. The normalized spacial score (nSPS) is 17.8. The van der Waals surface area contributed by atoms with E-state index in [2.05, 4.69) is 14.8 Å². The van der Waals surface area contributed by atoms with Crippen molar-refractivity contribution in [1.82, 2.24) is 9.36 Å². The molecule has 0 bridgehead atoms. The summed E-state index contributed by atoms with van der Waals surface area (Å²) in [7, 11) is 0. The second kappa shape index (κ2) is 3.89. The smallest absolute Gasteiger partial charge is 0.233 e. The third-order valence-electron chi connectivity index (χ3n) is 2.06. The number of aromatic nitrogens is 2. The van der Waals surface area contributed by atoms with Crippen LogP contribution in [0.15, 0.2) is 0 Å². The molecule has 5 nitrogen and oxygen atoms in total. The van der Waals surface area contributed by atoms with E-state index in [0.29, 0.717) is 17.2 Å². The van der Waals surface area contributed by atoms with Gasteiger partial charge in [0, 0.05) is 11.5 Å². The van der Waals surface area contributed by atoms with Crippen LogP contribution in [0.3, 0.4) is 0 Å². The fourth-order valence-corrected chi connectivity index (χ4v) is 1.86. The third kappa shape index (κ3) is 2.28. The van der Waals surface area contributed by atoms with Gasteiger partial charge in [0.2, 0.25) is 11.1 Å². The maximum atomic E-state index is 5.40. The first-order valence-electron chi connectivity index (χ1n) is 4.35. The van der Waals surface area contributed by atoms with Gasteiger partial charge in [-0.2, -0.15) is 9.36 Å². The van der Waals surface area contributed by atoms with E-state index in [1.54, 1.807) is 0 Å². The summed E-state index contributed by atoms with van der Waals surface area (Å²) in [5.74, 6) is 0.294. The van der Waals surface area contributed by atoms with Crippen molar-refractivity contribution in [3.8, 4) is 0 Å². The highest BCUT2D eigenvalue weighted by Gasteiger charge is 2.16. The van der Waals surface area contributed by atoms with Gasteiger partial charge < -0.3 is 5.73 Å².